The van der Waals surface area contributed by atoms with Gasteiger partial charge in [0.25, 0.3) is 0 Å². The molecule has 2 aromatic carbocycles. The topological polar surface area (TPSA) is 0 Å². The van der Waals surface area contributed by atoms with Gasteiger partial charge < -0.3 is 0 Å². The maximum Gasteiger partial charge on any atom is 0.131 e. The second-order valence-electron chi connectivity index (χ2n) is 4.01. The minimum atomic E-state index is -0.614. The molecule has 0 spiro atoms. The lowest BCUT2D eigenvalue weighted by Gasteiger charge is -2.14. The summed E-state index contributed by atoms with van der Waals surface area (Å²) >= 11 is 8.45. The van der Waals surface area contributed by atoms with Crippen molar-refractivity contribution in [2.75, 3.05) is 0 Å². The average Bonchev–Trinajstić information content (AvgIpc) is 2.33. The van der Waals surface area contributed by atoms with Crippen LogP contribution >= 0.6 is 34.2 Å². The molecule has 1 atom stereocenters. The molecule has 0 amide bonds. The molecule has 94 valence electrons. The van der Waals surface area contributed by atoms with Crippen LogP contribution in [0.25, 0.3) is 0 Å². The summed E-state index contributed by atoms with van der Waals surface area (Å²) in [6.07, 6.45) is 0. The summed E-state index contributed by atoms with van der Waals surface area (Å²) in [6.45, 7) is 1.60. The van der Waals surface area contributed by atoms with Gasteiger partial charge in [0.15, 0.2) is 0 Å². The van der Waals surface area contributed by atoms with Crippen molar-refractivity contribution in [2.24, 2.45) is 0 Å². The zero-order chi connectivity index (χ0) is 13.3. The van der Waals surface area contributed by atoms with Gasteiger partial charge in [-0.25, -0.2) is 8.78 Å². The van der Waals surface area contributed by atoms with Crippen LogP contribution in [-0.2, 0) is 0 Å². The van der Waals surface area contributed by atoms with Crippen LogP contribution in [0, 0.1) is 22.1 Å². The van der Waals surface area contributed by atoms with Crippen LogP contribution in [0.2, 0.25) is 0 Å². The summed E-state index contributed by atoms with van der Waals surface area (Å²) in [5.74, 6) is -1.17. The first-order valence-corrected chi connectivity index (χ1v) is 6.86. The number of hydrogen-bond acceptors (Lipinski definition) is 0. The van der Waals surface area contributed by atoms with Crippen LogP contribution in [0.15, 0.2) is 36.4 Å². The molecule has 0 aliphatic rings. The summed E-state index contributed by atoms with van der Waals surface area (Å²) < 4.78 is 27.9. The molecule has 0 bridgehead atoms. The lowest BCUT2D eigenvalue weighted by molar-refractivity contribution is 0.568. The quantitative estimate of drug-likeness (QED) is 0.497. The van der Waals surface area contributed by atoms with E-state index in [1.807, 2.05) is 24.3 Å². The first-order valence-electron chi connectivity index (χ1n) is 5.34. The minimum Gasteiger partial charge on any atom is -0.207 e. The van der Waals surface area contributed by atoms with Crippen molar-refractivity contribution >= 4 is 34.2 Å². The highest BCUT2D eigenvalue weighted by Gasteiger charge is 2.18. The Labute approximate surface area is 123 Å². The predicted molar refractivity (Wildman–Crippen MR) is 78.0 cm³/mol. The molecule has 2 rings (SSSR count). The molecule has 0 saturated heterocycles. The summed E-state index contributed by atoms with van der Waals surface area (Å²) in [6, 6.07) is 9.83. The van der Waals surface area contributed by atoms with E-state index in [1.165, 1.54) is 6.07 Å². The second-order valence-corrected chi connectivity index (χ2v) is 5.61. The van der Waals surface area contributed by atoms with Crippen molar-refractivity contribution in [3.63, 3.8) is 0 Å². The van der Waals surface area contributed by atoms with Crippen molar-refractivity contribution in [3.8, 4) is 0 Å². The zero-order valence-electron chi connectivity index (χ0n) is 9.55. The molecule has 18 heavy (non-hydrogen) atoms. The molecule has 0 nitrogen and oxygen atoms in total. The minimum absolute atomic E-state index is 0.305. The lowest BCUT2D eigenvalue weighted by Crippen LogP contribution is -2.01. The lowest BCUT2D eigenvalue weighted by atomic mass is 10.0. The molecule has 0 aliphatic heterocycles. The smallest absolute Gasteiger partial charge is 0.131 e. The van der Waals surface area contributed by atoms with Gasteiger partial charge in [-0.05, 0) is 52.8 Å². The number of halogens is 4. The summed E-state index contributed by atoms with van der Waals surface area (Å²) in [7, 11) is 0. The predicted octanol–water partition coefficient (Wildman–Crippen LogP) is 5.21. The van der Waals surface area contributed by atoms with E-state index in [0.717, 1.165) is 15.2 Å². The Kier molecular flexibility index (Phi) is 4.22. The van der Waals surface area contributed by atoms with Crippen molar-refractivity contribution in [1.29, 1.82) is 0 Å². The molecule has 0 heterocycles. The second kappa shape index (κ2) is 5.53. The Hall–Kier alpha value is -0.680. The average molecular weight is 379 g/mol. The van der Waals surface area contributed by atoms with Gasteiger partial charge in [-0.2, -0.15) is 0 Å². The SMILES string of the molecule is Cc1cc(C(Cl)c2ccccc2I)c(F)cc1F. The number of benzene rings is 2. The molecule has 2 aromatic rings. The summed E-state index contributed by atoms with van der Waals surface area (Å²) in [5, 5.41) is -0.614. The Balaban J connectivity index is 2.50. The van der Waals surface area contributed by atoms with Gasteiger partial charge in [0, 0.05) is 15.2 Å². The third kappa shape index (κ3) is 2.67. The van der Waals surface area contributed by atoms with Gasteiger partial charge in [0.1, 0.15) is 11.6 Å². The van der Waals surface area contributed by atoms with Gasteiger partial charge in [0.2, 0.25) is 0 Å². The molecule has 0 N–H and O–H groups in total. The molecule has 0 aromatic heterocycles. The van der Waals surface area contributed by atoms with E-state index < -0.39 is 17.0 Å². The van der Waals surface area contributed by atoms with Crippen molar-refractivity contribution in [1.82, 2.24) is 0 Å². The number of aryl methyl sites for hydroxylation is 1. The standard InChI is InChI=1S/C14H10ClF2I/c1-8-6-10(12(17)7-11(8)16)14(15)9-4-2-3-5-13(9)18/h2-7,14H,1H3. The monoisotopic (exact) mass is 378 g/mol. The van der Waals surface area contributed by atoms with Crippen molar-refractivity contribution in [3.05, 3.63) is 68.3 Å². The van der Waals surface area contributed by atoms with Crippen molar-refractivity contribution < 1.29 is 8.78 Å². The summed E-state index contributed by atoms with van der Waals surface area (Å²) in [5.41, 5.74) is 1.52. The van der Waals surface area contributed by atoms with E-state index in [-0.39, 0.29) is 0 Å². The zero-order valence-corrected chi connectivity index (χ0v) is 12.5. The van der Waals surface area contributed by atoms with Crippen LogP contribution in [-0.4, -0.2) is 0 Å². The van der Waals surface area contributed by atoms with E-state index in [2.05, 4.69) is 22.6 Å². The number of rotatable bonds is 2. The van der Waals surface area contributed by atoms with Crippen LogP contribution < -0.4 is 0 Å². The van der Waals surface area contributed by atoms with Crippen LogP contribution in [0.4, 0.5) is 8.78 Å². The fourth-order valence-corrected chi connectivity index (χ4v) is 2.96. The van der Waals surface area contributed by atoms with Gasteiger partial charge >= 0.3 is 0 Å². The van der Waals surface area contributed by atoms with Crippen molar-refractivity contribution in [2.45, 2.75) is 12.3 Å². The highest BCUT2D eigenvalue weighted by atomic mass is 127. The van der Waals surface area contributed by atoms with E-state index in [9.17, 15) is 8.78 Å². The molecule has 4 heteroatoms. The maximum atomic E-state index is 13.8. The van der Waals surface area contributed by atoms with Crippen LogP contribution in [0.3, 0.4) is 0 Å². The fraction of sp³-hybridized carbons (Fsp3) is 0.143. The first kappa shape index (κ1) is 13.7. The van der Waals surface area contributed by atoms with Gasteiger partial charge in [-0.1, -0.05) is 18.2 Å². The molecule has 0 radical (unpaired) electrons. The Morgan fingerprint density at radius 3 is 2.39 bits per heavy atom. The highest BCUT2D eigenvalue weighted by Crippen LogP contribution is 2.34. The van der Waals surface area contributed by atoms with Crippen LogP contribution in [0.1, 0.15) is 22.1 Å². The van der Waals surface area contributed by atoms with Gasteiger partial charge in [0.05, 0.1) is 5.38 Å². The fourth-order valence-electron chi connectivity index (χ4n) is 1.72. The molecule has 1 unspecified atom stereocenters. The van der Waals surface area contributed by atoms with Crippen LogP contribution in [0.5, 0.6) is 0 Å². The molecular weight excluding hydrogens is 369 g/mol. The summed E-state index contributed by atoms with van der Waals surface area (Å²) in [4.78, 5) is 0. The Morgan fingerprint density at radius 2 is 1.72 bits per heavy atom. The third-order valence-electron chi connectivity index (χ3n) is 2.73. The van der Waals surface area contributed by atoms with Gasteiger partial charge in [-0.3, -0.25) is 0 Å². The van der Waals surface area contributed by atoms with E-state index in [1.54, 1.807) is 6.92 Å². The van der Waals surface area contributed by atoms with Gasteiger partial charge in [-0.15, -0.1) is 11.6 Å². The molecule has 0 aliphatic carbocycles. The molecular formula is C14H10ClF2I. The molecule has 0 fully saturated rings. The number of hydrogen-bond donors (Lipinski definition) is 0. The van der Waals surface area contributed by atoms with E-state index in [0.29, 0.717) is 11.1 Å². The number of alkyl halides is 1. The maximum absolute atomic E-state index is 13.8. The largest absolute Gasteiger partial charge is 0.207 e. The third-order valence-corrected chi connectivity index (χ3v) is 4.18. The molecule has 0 saturated carbocycles. The normalized spacial score (nSPS) is 12.5. The first-order chi connectivity index (χ1) is 8.50. The Morgan fingerprint density at radius 1 is 1.06 bits per heavy atom. The van der Waals surface area contributed by atoms with E-state index in [4.69, 9.17) is 11.6 Å². The Bertz CT molecular complexity index is 584. The highest BCUT2D eigenvalue weighted by molar-refractivity contribution is 14.1. The van der Waals surface area contributed by atoms with E-state index >= 15 is 0 Å².